The lowest BCUT2D eigenvalue weighted by Crippen LogP contribution is -2.12. The van der Waals surface area contributed by atoms with Gasteiger partial charge in [0, 0.05) is 0 Å². The lowest BCUT2D eigenvalue weighted by Gasteiger charge is -2.08. The summed E-state index contributed by atoms with van der Waals surface area (Å²) in [5.74, 6) is 1.77. The van der Waals surface area contributed by atoms with Gasteiger partial charge in [-0.15, -0.1) is 11.3 Å². The van der Waals surface area contributed by atoms with Crippen molar-refractivity contribution in [2.24, 2.45) is 0 Å². The number of hydrogen-bond acceptors (Lipinski definition) is 5. The zero-order chi connectivity index (χ0) is 13.8. The molecule has 0 aliphatic rings. The molecule has 0 spiro atoms. The summed E-state index contributed by atoms with van der Waals surface area (Å²) in [6, 6.07) is 10.0. The van der Waals surface area contributed by atoms with Crippen molar-refractivity contribution in [3.63, 3.8) is 0 Å². The Morgan fingerprint density at radius 3 is 3.10 bits per heavy atom. The number of aryl methyl sites for hydroxylation is 1. The molecule has 2 heterocycles. The van der Waals surface area contributed by atoms with Crippen LogP contribution in [0.3, 0.4) is 0 Å². The van der Waals surface area contributed by atoms with Gasteiger partial charge in [0.25, 0.3) is 0 Å². The maximum absolute atomic E-state index is 5.70. The summed E-state index contributed by atoms with van der Waals surface area (Å²) in [5, 5.41) is 5.31. The van der Waals surface area contributed by atoms with Gasteiger partial charge in [-0.1, -0.05) is 12.1 Å². The highest BCUT2D eigenvalue weighted by atomic mass is 32.1. The van der Waals surface area contributed by atoms with Crippen LogP contribution in [-0.4, -0.2) is 23.1 Å². The van der Waals surface area contributed by atoms with E-state index in [1.807, 2.05) is 29.6 Å². The Balaban J connectivity index is 1.56. The molecule has 0 amide bonds. The smallest absolute Gasteiger partial charge is 0.147 e. The molecule has 0 radical (unpaired) electrons. The number of benzene rings is 1. The fourth-order valence-corrected chi connectivity index (χ4v) is 2.77. The number of fused-ring (bicyclic) bond motifs is 1. The van der Waals surface area contributed by atoms with Gasteiger partial charge in [-0.3, -0.25) is 0 Å². The molecule has 0 bridgehead atoms. The number of thiophene rings is 1. The number of nitrogens with one attached hydrogen (secondary N) is 1. The molecule has 0 saturated heterocycles. The minimum absolute atomic E-state index is 0.598. The van der Waals surface area contributed by atoms with Crippen LogP contribution in [0, 0.1) is 6.92 Å². The minimum atomic E-state index is 0.598. The van der Waals surface area contributed by atoms with Gasteiger partial charge < -0.3 is 10.1 Å². The Kier molecular flexibility index (Phi) is 3.78. The lowest BCUT2D eigenvalue weighted by molar-refractivity contribution is 0.332. The number of aromatic nitrogens is 2. The molecule has 0 aliphatic heterocycles. The van der Waals surface area contributed by atoms with Crippen molar-refractivity contribution in [2.45, 2.75) is 6.92 Å². The molecule has 3 aromatic rings. The van der Waals surface area contributed by atoms with Crippen LogP contribution in [0.5, 0.6) is 5.75 Å². The van der Waals surface area contributed by atoms with Crippen LogP contribution in [0.25, 0.3) is 10.2 Å². The predicted octanol–water partition coefficient (Wildman–Crippen LogP) is 3.49. The van der Waals surface area contributed by atoms with Crippen LogP contribution >= 0.6 is 11.3 Å². The van der Waals surface area contributed by atoms with E-state index in [0.29, 0.717) is 13.2 Å². The fourth-order valence-electron chi connectivity index (χ4n) is 1.96. The summed E-state index contributed by atoms with van der Waals surface area (Å²) in [4.78, 5) is 8.49. The van der Waals surface area contributed by atoms with Gasteiger partial charge in [-0.05, 0) is 36.1 Å². The first-order valence-corrected chi connectivity index (χ1v) is 7.32. The standard InChI is InChI=1S/C15H15N3OS/c1-11-3-2-4-12(9-11)19-7-6-16-15-14-13(5-8-20-14)17-10-18-15/h2-5,8-10H,6-7H2,1H3,(H,16,17,18). The molecule has 20 heavy (non-hydrogen) atoms. The first-order chi connectivity index (χ1) is 9.83. The number of rotatable bonds is 5. The van der Waals surface area contributed by atoms with E-state index in [-0.39, 0.29) is 0 Å². The maximum Gasteiger partial charge on any atom is 0.147 e. The molecule has 1 aromatic carbocycles. The third-order valence-corrected chi connectivity index (χ3v) is 3.81. The topological polar surface area (TPSA) is 47.0 Å². The van der Waals surface area contributed by atoms with Crippen molar-refractivity contribution < 1.29 is 4.74 Å². The van der Waals surface area contributed by atoms with Crippen molar-refractivity contribution in [3.05, 3.63) is 47.6 Å². The van der Waals surface area contributed by atoms with Gasteiger partial charge in [0.15, 0.2) is 0 Å². The van der Waals surface area contributed by atoms with E-state index in [1.165, 1.54) is 5.56 Å². The zero-order valence-electron chi connectivity index (χ0n) is 11.2. The normalized spacial score (nSPS) is 10.7. The van der Waals surface area contributed by atoms with Gasteiger partial charge >= 0.3 is 0 Å². The first-order valence-electron chi connectivity index (χ1n) is 6.44. The third-order valence-electron chi connectivity index (χ3n) is 2.90. The molecule has 0 unspecified atom stereocenters. The second-order valence-corrected chi connectivity index (χ2v) is 5.37. The van der Waals surface area contributed by atoms with Gasteiger partial charge in [-0.25, -0.2) is 9.97 Å². The summed E-state index contributed by atoms with van der Waals surface area (Å²) in [6.45, 7) is 3.36. The Hall–Kier alpha value is -2.14. The molecule has 0 saturated carbocycles. The highest BCUT2D eigenvalue weighted by molar-refractivity contribution is 7.17. The van der Waals surface area contributed by atoms with Crippen molar-refractivity contribution in [3.8, 4) is 5.75 Å². The summed E-state index contributed by atoms with van der Waals surface area (Å²) in [6.07, 6.45) is 1.58. The Labute approximate surface area is 121 Å². The van der Waals surface area contributed by atoms with E-state index >= 15 is 0 Å². The van der Waals surface area contributed by atoms with E-state index in [9.17, 15) is 0 Å². The van der Waals surface area contributed by atoms with Crippen LogP contribution in [-0.2, 0) is 0 Å². The second-order valence-electron chi connectivity index (χ2n) is 4.45. The maximum atomic E-state index is 5.70. The van der Waals surface area contributed by atoms with Crippen molar-refractivity contribution in [2.75, 3.05) is 18.5 Å². The summed E-state index contributed by atoms with van der Waals surface area (Å²) < 4.78 is 6.79. The SMILES string of the molecule is Cc1cccc(OCCNc2ncnc3ccsc23)c1. The van der Waals surface area contributed by atoms with Gasteiger partial charge in [0.1, 0.15) is 24.5 Å². The Morgan fingerprint density at radius 1 is 1.25 bits per heavy atom. The van der Waals surface area contributed by atoms with E-state index in [0.717, 1.165) is 21.8 Å². The average Bonchev–Trinajstić information content (AvgIpc) is 2.93. The average molecular weight is 285 g/mol. The quantitative estimate of drug-likeness (QED) is 0.729. The molecule has 4 nitrogen and oxygen atoms in total. The van der Waals surface area contributed by atoms with Crippen LogP contribution in [0.4, 0.5) is 5.82 Å². The zero-order valence-corrected chi connectivity index (χ0v) is 12.0. The van der Waals surface area contributed by atoms with Crippen LogP contribution in [0.15, 0.2) is 42.0 Å². The van der Waals surface area contributed by atoms with Crippen molar-refractivity contribution in [1.29, 1.82) is 0 Å². The van der Waals surface area contributed by atoms with Gasteiger partial charge in [0.2, 0.25) is 0 Å². The number of anilines is 1. The van der Waals surface area contributed by atoms with Gasteiger partial charge in [-0.2, -0.15) is 0 Å². The van der Waals surface area contributed by atoms with E-state index < -0.39 is 0 Å². The molecular formula is C15H15N3OS. The van der Waals surface area contributed by atoms with Crippen LogP contribution in [0.1, 0.15) is 5.56 Å². The molecular weight excluding hydrogens is 270 g/mol. The predicted molar refractivity (Wildman–Crippen MR) is 82.6 cm³/mol. The summed E-state index contributed by atoms with van der Waals surface area (Å²) in [7, 11) is 0. The van der Waals surface area contributed by atoms with E-state index in [4.69, 9.17) is 4.74 Å². The van der Waals surface area contributed by atoms with E-state index in [1.54, 1.807) is 17.7 Å². The molecule has 3 rings (SSSR count). The lowest BCUT2D eigenvalue weighted by atomic mass is 10.2. The summed E-state index contributed by atoms with van der Waals surface area (Å²) in [5.41, 5.74) is 2.18. The van der Waals surface area contributed by atoms with Gasteiger partial charge in [0.05, 0.1) is 16.8 Å². The molecule has 2 aromatic heterocycles. The largest absolute Gasteiger partial charge is 0.492 e. The van der Waals surface area contributed by atoms with Crippen LogP contribution in [0.2, 0.25) is 0 Å². The molecule has 102 valence electrons. The molecule has 0 aliphatic carbocycles. The van der Waals surface area contributed by atoms with Crippen molar-refractivity contribution >= 4 is 27.4 Å². The third kappa shape index (κ3) is 2.88. The number of hydrogen-bond donors (Lipinski definition) is 1. The molecule has 0 atom stereocenters. The first kappa shape index (κ1) is 12.9. The molecule has 5 heteroatoms. The second kappa shape index (κ2) is 5.88. The van der Waals surface area contributed by atoms with Crippen LogP contribution < -0.4 is 10.1 Å². The fraction of sp³-hybridized carbons (Fsp3) is 0.200. The Morgan fingerprint density at radius 2 is 2.20 bits per heavy atom. The highest BCUT2D eigenvalue weighted by Gasteiger charge is 2.03. The molecule has 1 N–H and O–H groups in total. The van der Waals surface area contributed by atoms with E-state index in [2.05, 4.69) is 28.3 Å². The highest BCUT2D eigenvalue weighted by Crippen LogP contribution is 2.24. The Bertz CT molecular complexity index is 711. The monoisotopic (exact) mass is 285 g/mol. The number of nitrogens with zero attached hydrogens (tertiary/aromatic N) is 2. The summed E-state index contributed by atoms with van der Waals surface area (Å²) >= 11 is 1.64. The molecule has 0 fully saturated rings. The number of ether oxygens (including phenoxy) is 1. The van der Waals surface area contributed by atoms with Crippen molar-refractivity contribution in [1.82, 2.24) is 9.97 Å². The minimum Gasteiger partial charge on any atom is -0.492 e.